The predicted molar refractivity (Wildman–Crippen MR) is 149 cm³/mol. The van der Waals surface area contributed by atoms with Gasteiger partial charge in [-0.25, -0.2) is 4.79 Å². The Morgan fingerprint density at radius 2 is 1.41 bits per heavy atom. The smallest absolute Gasteiger partial charge is 0.341 e. The van der Waals surface area contributed by atoms with Crippen LogP contribution in [0.15, 0.2) is 114 Å². The Morgan fingerprint density at radius 3 is 2.08 bits per heavy atom. The summed E-state index contributed by atoms with van der Waals surface area (Å²) < 4.78 is 0. The molecule has 0 saturated carbocycles. The van der Waals surface area contributed by atoms with E-state index in [1.54, 1.807) is 54.6 Å². The summed E-state index contributed by atoms with van der Waals surface area (Å²) in [7, 11) is 0. The summed E-state index contributed by atoms with van der Waals surface area (Å²) in [4.78, 5) is 53.3. The van der Waals surface area contributed by atoms with Crippen molar-refractivity contribution in [2.75, 3.05) is 5.32 Å². The molecule has 0 spiro atoms. The molecule has 0 saturated heterocycles. The summed E-state index contributed by atoms with van der Waals surface area (Å²) in [6, 6.07) is 29.2. The number of hydrogen-bond donors (Lipinski definition) is 4. The van der Waals surface area contributed by atoms with E-state index >= 15 is 0 Å². The van der Waals surface area contributed by atoms with Crippen molar-refractivity contribution in [2.45, 2.75) is 6.04 Å². The number of aromatic amines is 1. The molecule has 5 rings (SSSR count). The minimum Gasteiger partial charge on any atom is -0.477 e. The number of pyridine rings is 1. The monoisotopic (exact) mass is 517 g/mol. The van der Waals surface area contributed by atoms with E-state index in [4.69, 9.17) is 0 Å². The predicted octanol–water partition coefficient (Wildman–Crippen LogP) is 5.00. The van der Waals surface area contributed by atoms with Gasteiger partial charge in [0.1, 0.15) is 11.6 Å². The quantitative estimate of drug-likeness (QED) is 0.241. The second-order valence-electron chi connectivity index (χ2n) is 8.85. The maximum atomic E-state index is 13.4. The second kappa shape index (κ2) is 10.9. The first-order chi connectivity index (χ1) is 18.9. The van der Waals surface area contributed by atoms with E-state index in [0.29, 0.717) is 16.6 Å². The maximum absolute atomic E-state index is 13.4. The molecule has 0 aliphatic rings. The molecule has 1 aromatic heterocycles. The Labute approximate surface area is 223 Å². The lowest BCUT2D eigenvalue weighted by molar-refractivity contribution is -0.118. The minimum absolute atomic E-state index is 0.117. The molecule has 8 heteroatoms. The largest absolute Gasteiger partial charge is 0.477 e. The standard InChI is InChI=1S/C31H23N3O5/c35-28-24-17-23(15-16-26(24)32-18-25(28)31(38)39)33-30(37)27(21-9-5-2-6-10-21)34-29(36)22-13-11-20(12-14-22)19-7-3-1-4-8-19/h1-18,27H,(H,32,35)(H,33,37)(H,34,36)(H,38,39)/t27-/m0/s1. The molecule has 39 heavy (non-hydrogen) atoms. The summed E-state index contributed by atoms with van der Waals surface area (Å²) in [5, 5.41) is 14.9. The molecule has 0 radical (unpaired) electrons. The normalized spacial score (nSPS) is 11.5. The minimum atomic E-state index is -1.35. The average Bonchev–Trinajstić information content (AvgIpc) is 2.97. The first kappa shape index (κ1) is 25.2. The van der Waals surface area contributed by atoms with Crippen LogP contribution in [-0.2, 0) is 4.79 Å². The van der Waals surface area contributed by atoms with Gasteiger partial charge in [0.25, 0.3) is 11.8 Å². The topological polar surface area (TPSA) is 128 Å². The summed E-state index contributed by atoms with van der Waals surface area (Å²) in [6.07, 6.45) is 1.14. The summed E-state index contributed by atoms with van der Waals surface area (Å²) >= 11 is 0. The average molecular weight is 518 g/mol. The number of benzene rings is 4. The molecule has 8 nitrogen and oxygen atoms in total. The Morgan fingerprint density at radius 1 is 0.769 bits per heavy atom. The van der Waals surface area contributed by atoms with Gasteiger partial charge in [-0.3, -0.25) is 14.4 Å². The van der Waals surface area contributed by atoms with Crippen LogP contribution in [-0.4, -0.2) is 27.9 Å². The van der Waals surface area contributed by atoms with E-state index in [9.17, 15) is 24.3 Å². The van der Waals surface area contributed by atoms with Crippen LogP contribution in [0.25, 0.3) is 22.0 Å². The Balaban J connectivity index is 1.40. The molecule has 2 amide bonds. The van der Waals surface area contributed by atoms with Crippen LogP contribution in [0.3, 0.4) is 0 Å². The van der Waals surface area contributed by atoms with Crippen LogP contribution >= 0.6 is 0 Å². The number of carbonyl (C=O) groups excluding carboxylic acids is 2. The Hall–Kier alpha value is -5.50. The van der Waals surface area contributed by atoms with Crippen molar-refractivity contribution in [1.82, 2.24) is 10.3 Å². The number of carboxylic acid groups (broad SMARTS) is 1. The molecule has 1 heterocycles. The molecule has 0 unspecified atom stereocenters. The highest BCUT2D eigenvalue weighted by atomic mass is 16.4. The fraction of sp³-hybridized carbons (Fsp3) is 0.0323. The number of carboxylic acids is 1. The van der Waals surface area contributed by atoms with Crippen molar-refractivity contribution in [3.63, 3.8) is 0 Å². The van der Waals surface area contributed by atoms with Gasteiger partial charge < -0.3 is 20.7 Å². The zero-order valence-electron chi connectivity index (χ0n) is 20.5. The second-order valence-corrected chi connectivity index (χ2v) is 8.85. The lowest BCUT2D eigenvalue weighted by Gasteiger charge is -2.19. The molecular formula is C31H23N3O5. The van der Waals surface area contributed by atoms with Gasteiger partial charge >= 0.3 is 5.97 Å². The third kappa shape index (κ3) is 5.45. The van der Waals surface area contributed by atoms with Crippen molar-refractivity contribution >= 4 is 34.4 Å². The van der Waals surface area contributed by atoms with Crippen LogP contribution in [0.2, 0.25) is 0 Å². The van der Waals surface area contributed by atoms with Gasteiger partial charge in [0.05, 0.1) is 0 Å². The lowest BCUT2D eigenvalue weighted by Crippen LogP contribution is -2.37. The number of aromatic nitrogens is 1. The van der Waals surface area contributed by atoms with Crippen LogP contribution in [0, 0.1) is 0 Å². The molecule has 0 fully saturated rings. The zero-order valence-corrected chi connectivity index (χ0v) is 20.5. The van der Waals surface area contributed by atoms with Gasteiger partial charge in [-0.2, -0.15) is 0 Å². The van der Waals surface area contributed by atoms with Crippen LogP contribution < -0.4 is 16.1 Å². The van der Waals surface area contributed by atoms with Crippen molar-refractivity contribution in [2.24, 2.45) is 0 Å². The van der Waals surface area contributed by atoms with Gasteiger partial charge in [0.2, 0.25) is 5.43 Å². The van der Waals surface area contributed by atoms with Gasteiger partial charge in [0.15, 0.2) is 0 Å². The molecule has 192 valence electrons. The van der Waals surface area contributed by atoms with Gasteiger partial charge in [-0.1, -0.05) is 72.8 Å². The van der Waals surface area contributed by atoms with Gasteiger partial charge in [-0.05, 0) is 47.0 Å². The number of hydrogen-bond acceptors (Lipinski definition) is 4. The van der Waals surface area contributed by atoms with Crippen molar-refractivity contribution in [1.29, 1.82) is 0 Å². The van der Waals surface area contributed by atoms with Crippen molar-refractivity contribution < 1.29 is 19.5 Å². The number of carbonyl (C=O) groups is 3. The summed E-state index contributed by atoms with van der Waals surface area (Å²) in [5.41, 5.74) is 2.58. The number of rotatable bonds is 7. The van der Waals surface area contributed by atoms with E-state index in [2.05, 4.69) is 15.6 Å². The molecule has 0 aliphatic carbocycles. The maximum Gasteiger partial charge on any atom is 0.341 e. The highest BCUT2D eigenvalue weighted by Gasteiger charge is 2.24. The van der Waals surface area contributed by atoms with E-state index < -0.39 is 34.8 Å². The summed E-state index contributed by atoms with van der Waals surface area (Å²) in [6.45, 7) is 0. The lowest BCUT2D eigenvalue weighted by atomic mass is 10.0. The molecule has 4 N–H and O–H groups in total. The fourth-order valence-corrected chi connectivity index (χ4v) is 4.27. The highest BCUT2D eigenvalue weighted by Crippen LogP contribution is 2.22. The van der Waals surface area contributed by atoms with Crippen LogP contribution in [0.5, 0.6) is 0 Å². The number of amides is 2. The summed E-state index contributed by atoms with van der Waals surface area (Å²) in [5.74, 6) is -2.31. The van der Waals surface area contributed by atoms with E-state index in [-0.39, 0.29) is 11.1 Å². The van der Waals surface area contributed by atoms with Gasteiger partial charge in [-0.15, -0.1) is 0 Å². The number of H-pyrrole nitrogens is 1. The SMILES string of the molecule is O=C(N[C@H](C(=O)Nc1ccc2[nH]cc(C(=O)O)c(=O)c2c1)c1ccccc1)c1ccc(-c2ccccc2)cc1. The van der Waals surface area contributed by atoms with Crippen LogP contribution in [0.4, 0.5) is 5.69 Å². The van der Waals surface area contributed by atoms with E-state index in [1.807, 2.05) is 42.5 Å². The third-order valence-corrected chi connectivity index (χ3v) is 6.30. The molecule has 4 aromatic carbocycles. The number of anilines is 1. The Kier molecular flexibility index (Phi) is 7.00. The zero-order chi connectivity index (χ0) is 27.4. The van der Waals surface area contributed by atoms with Crippen molar-refractivity contribution in [3.8, 4) is 11.1 Å². The van der Waals surface area contributed by atoms with Crippen molar-refractivity contribution in [3.05, 3.63) is 136 Å². The number of fused-ring (bicyclic) bond motifs is 1. The first-order valence-corrected chi connectivity index (χ1v) is 12.1. The van der Waals surface area contributed by atoms with Gasteiger partial charge in [0, 0.05) is 28.4 Å². The Bertz CT molecular complexity index is 1730. The third-order valence-electron chi connectivity index (χ3n) is 6.30. The van der Waals surface area contributed by atoms with E-state index in [1.165, 1.54) is 6.07 Å². The highest BCUT2D eigenvalue weighted by molar-refractivity contribution is 6.02. The molecular weight excluding hydrogens is 494 g/mol. The molecule has 0 aliphatic heterocycles. The molecule has 1 atom stereocenters. The number of aromatic carboxylic acids is 1. The molecule has 5 aromatic rings. The van der Waals surface area contributed by atoms with E-state index in [0.717, 1.165) is 17.3 Å². The van der Waals surface area contributed by atoms with Crippen LogP contribution in [0.1, 0.15) is 32.3 Å². The molecule has 0 bridgehead atoms. The fourth-order valence-electron chi connectivity index (χ4n) is 4.27. The first-order valence-electron chi connectivity index (χ1n) is 12.1. The number of nitrogens with one attached hydrogen (secondary N) is 3.